The highest BCUT2D eigenvalue weighted by molar-refractivity contribution is 14.0. The first-order valence-corrected chi connectivity index (χ1v) is 8.70. The van der Waals surface area contributed by atoms with E-state index in [9.17, 15) is 0 Å². The van der Waals surface area contributed by atoms with E-state index < -0.39 is 0 Å². The fraction of sp³-hybridized carbons (Fsp3) is 0.632. The Morgan fingerprint density at radius 2 is 2.17 bits per heavy atom. The Labute approximate surface area is 164 Å². The minimum absolute atomic E-state index is 0. The summed E-state index contributed by atoms with van der Waals surface area (Å²) in [5.74, 6) is 2.00. The zero-order valence-corrected chi connectivity index (χ0v) is 17.8. The maximum absolute atomic E-state index is 5.27. The Bertz CT molecular complexity index is 531. The van der Waals surface area contributed by atoms with E-state index in [-0.39, 0.29) is 24.0 Å². The van der Waals surface area contributed by atoms with Gasteiger partial charge in [0.1, 0.15) is 5.75 Å². The van der Waals surface area contributed by atoms with Crippen LogP contribution >= 0.6 is 24.0 Å². The molecule has 0 unspecified atom stereocenters. The Balaban J connectivity index is 0.00000288. The van der Waals surface area contributed by atoms with E-state index in [2.05, 4.69) is 43.1 Å². The van der Waals surface area contributed by atoms with E-state index in [1.54, 1.807) is 7.11 Å². The van der Waals surface area contributed by atoms with Crippen molar-refractivity contribution >= 4 is 29.9 Å². The monoisotopic (exact) mass is 445 g/mol. The van der Waals surface area contributed by atoms with Crippen LogP contribution in [0.2, 0.25) is 0 Å². The van der Waals surface area contributed by atoms with Gasteiger partial charge in [-0.3, -0.25) is 4.99 Å². The third-order valence-corrected chi connectivity index (χ3v) is 4.33. The number of methoxy groups -OCH3 is 1. The molecule has 1 saturated heterocycles. The minimum Gasteiger partial charge on any atom is -0.497 e. The van der Waals surface area contributed by atoms with E-state index in [4.69, 9.17) is 9.73 Å². The summed E-state index contributed by atoms with van der Waals surface area (Å²) in [6.45, 7) is 10.8. The normalized spacial score (nSPS) is 16.7. The van der Waals surface area contributed by atoms with E-state index >= 15 is 0 Å². The SMILES string of the molecule is CCNC(=NCCCc1cccc(OC)c1)N1CCC(C)(C)C1.I. The fourth-order valence-electron chi connectivity index (χ4n) is 3.02. The van der Waals surface area contributed by atoms with Crippen LogP contribution in [0.4, 0.5) is 0 Å². The number of nitrogens with one attached hydrogen (secondary N) is 1. The quantitative estimate of drug-likeness (QED) is 0.312. The van der Waals surface area contributed by atoms with E-state index in [1.807, 2.05) is 12.1 Å². The van der Waals surface area contributed by atoms with Gasteiger partial charge in [0.25, 0.3) is 0 Å². The summed E-state index contributed by atoms with van der Waals surface area (Å²) < 4.78 is 5.27. The molecule has 0 bridgehead atoms. The second-order valence-electron chi connectivity index (χ2n) is 7.03. The Kier molecular flexibility index (Phi) is 8.87. The first-order chi connectivity index (χ1) is 11.0. The maximum atomic E-state index is 5.27. The number of likely N-dealkylation sites (tertiary alicyclic amines) is 1. The van der Waals surface area contributed by atoms with Crippen molar-refractivity contribution in [1.82, 2.24) is 10.2 Å². The molecule has 1 aliphatic heterocycles. The van der Waals surface area contributed by atoms with Crippen molar-refractivity contribution in [3.8, 4) is 5.75 Å². The maximum Gasteiger partial charge on any atom is 0.193 e. The molecular weight excluding hydrogens is 413 g/mol. The van der Waals surface area contributed by atoms with Gasteiger partial charge in [-0.2, -0.15) is 0 Å². The van der Waals surface area contributed by atoms with Gasteiger partial charge in [-0.25, -0.2) is 0 Å². The fourth-order valence-corrected chi connectivity index (χ4v) is 3.02. The molecule has 0 spiro atoms. The lowest BCUT2D eigenvalue weighted by molar-refractivity contribution is 0.370. The molecule has 0 aliphatic carbocycles. The van der Waals surface area contributed by atoms with Crippen LogP contribution in [0.15, 0.2) is 29.3 Å². The first-order valence-electron chi connectivity index (χ1n) is 8.70. The molecule has 0 amide bonds. The van der Waals surface area contributed by atoms with Gasteiger partial charge in [0, 0.05) is 26.2 Å². The van der Waals surface area contributed by atoms with Crippen molar-refractivity contribution in [2.75, 3.05) is 33.3 Å². The molecule has 0 aromatic heterocycles. The summed E-state index contributed by atoms with van der Waals surface area (Å²) in [6, 6.07) is 8.30. The second kappa shape index (κ2) is 10.1. The predicted molar refractivity (Wildman–Crippen MR) is 113 cm³/mol. The Morgan fingerprint density at radius 1 is 1.38 bits per heavy atom. The molecule has 1 aromatic carbocycles. The van der Waals surface area contributed by atoms with Gasteiger partial charge < -0.3 is 15.0 Å². The molecule has 0 saturated carbocycles. The lowest BCUT2D eigenvalue weighted by Gasteiger charge is -2.23. The molecule has 4 nitrogen and oxygen atoms in total. The van der Waals surface area contributed by atoms with Crippen molar-refractivity contribution < 1.29 is 4.74 Å². The Morgan fingerprint density at radius 3 is 2.79 bits per heavy atom. The van der Waals surface area contributed by atoms with Gasteiger partial charge in [0.2, 0.25) is 0 Å². The number of rotatable bonds is 6. The summed E-state index contributed by atoms with van der Waals surface area (Å²) >= 11 is 0. The summed E-state index contributed by atoms with van der Waals surface area (Å²) in [4.78, 5) is 7.22. The smallest absolute Gasteiger partial charge is 0.193 e. The first kappa shape index (κ1) is 21.1. The van der Waals surface area contributed by atoms with Crippen LogP contribution in [-0.4, -0.2) is 44.1 Å². The largest absolute Gasteiger partial charge is 0.497 e. The molecule has 1 aromatic rings. The lowest BCUT2D eigenvalue weighted by Crippen LogP contribution is -2.40. The van der Waals surface area contributed by atoms with E-state index in [1.165, 1.54) is 12.0 Å². The van der Waals surface area contributed by atoms with Gasteiger partial charge in [0.15, 0.2) is 5.96 Å². The van der Waals surface area contributed by atoms with Crippen LogP contribution in [0.3, 0.4) is 0 Å². The van der Waals surface area contributed by atoms with Crippen LogP contribution in [0, 0.1) is 5.41 Å². The highest BCUT2D eigenvalue weighted by Crippen LogP contribution is 2.28. The summed E-state index contributed by atoms with van der Waals surface area (Å²) in [5, 5.41) is 3.44. The number of ether oxygens (including phenoxy) is 1. The average Bonchev–Trinajstić information content (AvgIpc) is 2.90. The molecule has 1 N–H and O–H groups in total. The molecule has 136 valence electrons. The molecule has 5 heteroatoms. The highest BCUT2D eigenvalue weighted by Gasteiger charge is 2.30. The second-order valence-corrected chi connectivity index (χ2v) is 7.03. The number of nitrogens with zero attached hydrogens (tertiary/aromatic N) is 2. The molecule has 1 fully saturated rings. The molecule has 1 aliphatic rings. The standard InChI is InChI=1S/C19H31N3O.HI/c1-5-20-18(22-13-11-19(2,3)15-22)21-12-7-9-16-8-6-10-17(14-16)23-4;/h6,8,10,14H,5,7,9,11-13,15H2,1-4H3,(H,20,21);1H. The van der Waals surface area contributed by atoms with Crippen LogP contribution in [-0.2, 0) is 6.42 Å². The topological polar surface area (TPSA) is 36.9 Å². The number of guanidine groups is 1. The zero-order valence-electron chi connectivity index (χ0n) is 15.5. The molecule has 0 radical (unpaired) electrons. The lowest BCUT2D eigenvalue weighted by atomic mass is 9.93. The van der Waals surface area contributed by atoms with Crippen LogP contribution in [0.5, 0.6) is 5.75 Å². The van der Waals surface area contributed by atoms with E-state index in [0.717, 1.165) is 50.7 Å². The predicted octanol–water partition coefficient (Wildman–Crippen LogP) is 3.94. The van der Waals surface area contributed by atoms with Gasteiger partial charge in [0.05, 0.1) is 7.11 Å². The summed E-state index contributed by atoms with van der Waals surface area (Å²) in [7, 11) is 1.71. The average molecular weight is 445 g/mol. The van der Waals surface area contributed by atoms with Crippen LogP contribution in [0.1, 0.15) is 39.2 Å². The Hall–Kier alpha value is -0.980. The molecule has 0 atom stereocenters. The molecule has 24 heavy (non-hydrogen) atoms. The number of hydrogen-bond acceptors (Lipinski definition) is 2. The van der Waals surface area contributed by atoms with Gasteiger partial charge in [-0.05, 0) is 49.3 Å². The third-order valence-electron chi connectivity index (χ3n) is 4.33. The number of aryl methyl sites for hydroxylation is 1. The number of benzene rings is 1. The van der Waals surface area contributed by atoms with Gasteiger partial charge >= 0.3 is 0 Å². The molecular formula is C19H32IN3O. The third kappa shape index (κ3) is 6.49. The van der Waals surface area contributed by atoms with Crippen molar-refractivity contribution in [3.63, 3.8) is 0 Å². The van der Waals surface area contributed by atoms with Crippen molar-refractivity contribution in [2.24, 2.45) is 10.4 Å². The van der Waals surface area contributed by atoms with Gasteiger partial charge in [-0.15, -0.1) is 24.0 Å². The molecule has 1 heterocycles. The van der Waals surface area contributed by atoms with Crippen LogP contribution in [0.25, 0.3) is 0 Å². The van der Waals surface area contributed by atoms with Gasteiger partial charge in [-0.1, -0.05) is 26.0 Å². The molecule has 2 rings (SSSR count). The number of aliphatic imine (C=N–C) groups is 1. The van der Waals surface area contributed by atoms with Crippen molar-refractivity contribution in [2.45, 2.75) is 40.0 Å². The van der Waals surface area contributed by atoms with Crippen LogP contribution < -0.4 is 10.1 Å². The zero-order chi connectivity index (χ0) is 16.7. The van der Waals surface area contributed by atoms with E-state index in [0.29, 0.717) is 5.41 Å². The number of halogens is 1. The number of hydrogen-bond donors (Lipinski definition) is 1. The van der Waals surface area contributed by atoms with Crippen molar-refractivity contribution in [3.05, 3.63) is 29.8 Å². The summed E-state index contributed by atoms with van der Waals surface area (Å²) in [6.07, 6.45) is 3.33. The summed E-state index contributed by atoms with van der Waals surface area (Å²) in [5.41, 5.74) is 1.71. The minimum atomic E-state index is 0. The highest BCUT2D eigenvalue weighted by atomic mass is 127. The van der Waals surface area contributed by atoms with Crippen molar-refractivity contribution in [1.29, 1.82) is 0 Å².